The molecule has 2 heterocycles. The van der Waals surface area contributed by atoms with Gasteiger partial charge in [-0.05, 0) is 25.2 Å². The van der Waals surface area contributed by atoms with Gasteiger partial charge in [0.25, 0.3) is 0 Å². The standard InChI is InChI=1S/C14H21NO2S/c1-9-6-14(8-18-9)7-11(16)15-13(17)12(14)10-4-2-3-5-10/h9-10,12H,2-8H2,1H3,(H,15,16,17). The Hall–Kier alpha value is -0.510. The van der Waals surface area contributed by atoms with Gasteiger partial charge in [-0.1, -0.05) is 19.8 Å². The SMILES string of the molecule is CC1CC2(CS1)CC(=O)NC(=O)C2C1CCCC1. The predicted molar refractivity (Wildman–Crippen MR) is 72.2 cm³/mol. The zero-order valence-electron chi connectivity index (χ0n) is 10.9. The number of carbonyl (C=O) groups is 2. The van der Waals surface area contributed by atoms with E-state index in [0.717, 1.165) is 12.2 Å². The van der Waals surface area contributed by atoms with E-state index < -0.39 is 0 Å². The second-order valence-corrected chi connectivity index (χ2v) is 7.73. The van der Waals surface area contributed by atoms with E-state index in [2.05, 4.69) is 12.2 Å². The number of thioether (sulfide) groups is 1. The van der Waals surface area contributed by atoms with Gasteiger partial charge in [-0.3, -0.25) is 14.9 Å². The molecule has 18 heavy (non-hydrogen) atoms. The molecule has 3 aliphatic rings. The summed E-state index contributed by atoms with van der Waals surface area (Å²) in [6, 6.07) is 0. The van der Waals surface area contributed by atoms with E-state index in [9.17, 15) is 9.59 Å². The molecular weight excluding hydrogens is 246 g/mol. The summed E-state index contributed by atoms with van der Waals surface area (Å²) < 4.78 is 0. The minimum atomic E-state index is -0.0519. The molecule has 1 spiro atoms. The zero-order chi connectivity index (χ0) is 12.8. The van der Waals surface area contributed by atoms with Crippen LogP contribution in [-0.2, 0) is 9.59 Å². The maximum Gasteiger partial charge on any atom is 0.230 e. The first-order chi connectivity index (χ1) is 8.61. The fourth-order valence-corrected chi connectivity index (χ4v) is 5.78. The molecule has 0 radical (unpaired) electrons. The summed E-state index contributed by atoms with van der Waals surface area (Å²) in [5.41, 5.74) is -0.0293. The van der Waals surface area contributed by atoms with Crippen LogP contribution in [0.2, 0.25) is 0 Å². The van der Waals surface area contributed by atoms with Crippen molar-refractivity contribution in [3.8, 4) is 0 Å². The second-order valence-electron chi connectivity index (χ2n) is 6.30. The summed E-state index contributed by atoms with van der Waals surface area (Å²) in [4.78, 5) is 24.1. The molecule has 0 bridgehead atoms. The summed E-state index contributed by atoms with van der Waals surface area (Å²) >= 11 is 1.94. The van der Waals surface area contributed by atoms with Crippen LogP contribution >= 0.6 is 11.8 Å². The topological polar surface area (TPSA) is 46.2 Å². The normalized spacial score (nSPS) is 41.6. The maximum atomic E-state index is 12.3. The van der Waals surface area contributed by atoms with Crippen LogP contribution in [-0.4, -0.2) is 22.8 Å². The third kappa shape index (κ3) is 1.98. The first kappa shape index (κ1) is 12.5. The molecule has 2 aliphatic heterocycles. The van der Waals surface area contributed by atoms with Crippen LogP contribution in [0.25, 0.3) is 0 Å². The van der Waals surface area contributed by atoms with Crippen molar-refractivity contribution in [3.05, 3.63) is 0 Å². The number of imide groups is 1. The molecule has 0 aromatic carbocycles. The molecule has 3 atom stereocenters. The molecule has 1 saturated carbocycles. The van der Waals surface area contributed by atoms with Crippen molar-refractivity contribution in [2.45, 2.75) is 50.7 Å². The van der Waals surface area contributed by atoms with E-state index >= 15 is 0 Å². The lowest BCUT2D eigenvalue weighted by molar-refractivity contribution is -0.145. The Morgan fingerprint density at radius 3 is 2.61 bits per heavy atom. The van der Waals surface area contributed by atoms with Crippen molar-refractivity contribution in [1.82, 2.24) is 5.32 Å². The quantitative estimate of drug-likeness (QED) is 0.742. The Kier molecular flexibility index (Phi) is 3.16. The number of rotatable bonds is 1. The molecule has 0 aromatic rings. The number of carbonyl (C=O) groups excluding carboxylic acids is 2. The Morgan fingerprint density at radius 1 is 1.28 bits per heavy atom. The average Bonchev–Trinajstić information content (AvgIpc) is 2.89. The van der Waals surface area contributed by atoms with Gasteiger partial charge in [0, 0.05) is 28.8 Å². The Bertz CT molecular complexity index is 378. The van der Waals surface area contributed by atoms with E-state index in [0.29, 0.717) is 17.6 Å². The highest BCUT2D eigenvalue weighted by atomic mass is 32.2. The summed E-state index contributed by atoms with van der Waals surface area (Å²) in [5.74, 6) is 1.57. The van der Waals surface area contributed by atoms with Crippen molar-refractivity contribution in [2.75, 3.05) is 5.75 Å². The first-order valence-electron chi connectivity index (χ1n) is 7.06. The average molecular weight is 267 g/mol. The molecule has 3 rings (SSSR count). The van der Waals surface area contributed by atoms with Gasteiger partial charge in [0.1, 0.15) is 0 Å². The first-order valence-corrected chi connectivity index (χ1v) is 8.11. The highest BCUT2D eigenvalue weighted by Gasteiger charge is 2.54. The number of hydrogen-bond donors (Lipinski definition) is 1. The van der Waals surface area contributed by atoms with Crippen LogP contribution in [0.4, 0.5) is 0 Å². The van der Waals surface area contributed by atoms with E-state index in [1.807, 2.05) is 11.8 Å². The lowest BCUT2D eigenvalue weighted by atomic mass is 9.63. The van der Waals surface area contributed by atoms with Crippen molar-refractivity contribution >= 4 is 23.6 Å². The summed E-state index contributed by atoms with van der Waals surface area (Å²) in [6.45, 7) is 2.22. The highest BCUT2D eigenvalue weighted by Crippen LogP contribution is 2.54. The monoisotopic (exact) mass is 267 g/mol. The van der Waals surface area contributed by atoms with Crippen molar-refractivity contribution in [2.24, 2.45) is 17.3 Å². The van der Waals surface area contributed by atoms with Gasteiger partial charge in [-0.15, -0.1) is 0 Å². The Balaban J connectivity index is 1.90. The molecule has 4 heteroatoms. The van der Waals surface area contributed by atoms with Gasteiger partial charge in [-0.25, -0.2) is 0 Å². The number of hydrogen-bond acceptors (Lipinski definition) is 3. The lowest BCUT2D eigenvalue weighted by Crippen LogP contribution is -2.54. The van der Waals surface area contributed by atoms with Gasteiger partial charge < -0.3 is 0 Å². The van der Waals surface area contributed by atoms with Crippen LogP contribution in [0.5, 0.6) is 0 Å². The van der Waals surface area contributed by atoms with Gasteiger partial charge in [0.15, 0.2) is 0 Å². The minimum Gasteiger partial charge on any atom is -0.296 e. The van der Waals surface area contributed by atoms with Crippen LogP contribution < -0.4 is 5.32 Å². The Morgan fingerprint density at radius 2 is 2.00 bits per heavy atom. The van der Waals surface area contributed by atoms with Crippen LogP contribution in [0, 0.1) is 17.3 Å². The van der Waals surface area contributed by atoms with E-state index in [1.165, 1.54) is 25.7 Å². The van der Waals surface area contributed by atoms with Crippen LogP contribution in [0.15, 0.2) is 0 Å². The predicted octanol–water partition coefficient (Wildman–Crippen LogP) is 2.35. The number of nitrogens with one attached hydrogen (secondary N) is 1. The largest absolute Gasteiger partial charge is 0.296 e. The smallest absolute Gasteiger partial charge is 0.230 e. The molecule has 3 nitrogen and oxygen atoms in total. The van der Waals surface area contributed by atoms with Gasteiger partial charge >= 0.3 is 0 Å². The van der Waals surface area contributed by atoms with Crippen molar-refractivity contribution < 1.29 is 9.59 Å². The molecule has 0 aromatic heterocycles. The van der Waals surface area contributed by atoms with Gasteiger partial charge in [-0.2, -0.15) is 11.8 Å². The molecule has 2 saturated heterocycles. The van der Waals surface area contributed by atoms with Crippen LogP contribution in [0.1, 0.15) is 45.4 Å². The summed E-state index contributed by atoms with van der Waals surface area (Å²) in [6.07, 6.45) is 6.46. The minimum absolute atomic E-state index is 0.0212. The molecule has 100 valence electrons. The highest BCUT2D eigenvalue weighted by molar-refractivity contribution is 8.00. The third-order valence-electron chi connectivity index (χ3n) is 4.94. The van der Waals surface area contributed by atoms with Gasteiger partial charge in [0.05, 0.1) is 0 Å². The molecule has 3 fully saturated rings. The number of amides is 2. The van der Waals surface area contributed by atoms with E-state index in [4.69, 9.17) is 0 Å². The van der Waals surface area contributed by atoms with Crippen molar-refractivity contribution in [3.63, 3.8) is 0 Å². The molecular formula is C14H21NO2S. The fraction of sp³-hybridized carbons (Fsp3) is 0.857. The fourth-order valence-electron chi connectivity index (χ4n) is 4.31. The zero-order valence-corrected chi connectivity index (χ0v) is 11.7. The molecule has 1 aliphatic carbocycles. The molecule has 3 unspecified atom stereocenters. The van der Waals surface area contributed by atoms with E-state index in [1.54, 1.807) is 0 Å². The molecule has 1 N–H and O–H groups in total. The summed E-state index contributed by atoms with van der Waals surface area (Å²) in [5, 5.41) is 3.18. The van der Waals surface area contributed by atoms with Crippen molar-refractivity contribution in [1.29, 1.82) is 0 Å². The second kappa shape index (κ2) is 4.55. The Labute approximate surface area is 112 Å². The van der Waals surface area contributed by atoms with E-state index in [-0.39, 0.29) is 23.1 Å². The third-order valence-corrected chi connectivity index (χ3v) is 6.42. The van der Waals surface area contributed by atoms with Crippen LogP contribution in [0.3, 0.4) is 0 Å². The summed E-state index contributed by atoms with van der Waals surface area (Å²) in [7, 11) is 0. The molecule has 2 amide bonds. The number of piperidine rings is 1. The maximum absolute atomic E-state index is 12.3. The lowest BCUT2D eigenvalue weighted by Gasteiger charge is -2.42. The van der Waals surface area contributed by atoms with Gasteiger partial charge in [0.2, 0.25) is 11.8 Å².